The monoisotopic (exact) mass is 407 g/mol. The lowest BCUT2D eigenvalue weighted by Crippen LogP contribution is -2.26. The van der Waals surface area contributed by atoms with Crippen LogP contribution in [0.25, 0.3) is 10.9 Å². The fourth-order valence-electron chi connectivity index (χ4n) is 3.22. The maximum atomic E-state index is 13.1. The van der Waals surface area contributed by atoms with Gasteiger partial charge in [0.2, 0.25) is 0 Å². The van der Waals surface area contributed by atoms with Crippen molar-refractivity contribution in [3.63, 3.8) is 0 Å². The van der Waals surface area contributed by atoms with E-state index in [1.807, 2.05) is 48.0 Å². The highest BCUT2D eigenvalue weighted by molar-refractivity contribution is 6.30. The Bertz CT molecular complexity index is 1150. The molecule has 4 aromatic rings. The van der Waals surface area contributed by atoms with Crippen molar-refractivity contribution < 1.29 is 9.18 Å². The Kier molecular flexibility index (Phi) is 5.32. The molecule has 0 aliphatic heterocycles. The van der Waals surface area contributed by atoms with Crippen LogP contribution < -0.4 is 5.32 Å². The van der Waals surface area contributed by atoms with Crippen molar-refractivity contribution in [3.05, 3.63) is 100 Å². The molecule has 29 heavy (non-hydrogen) atoms. The molecule has 0 bridgehead atoms. The summed E-state index contributed by atoms with van der Waals surface area (Å²) in [5.74, 6) is -0.491. The quantitative estimate of drug-likeness (QED) is 0.483. The van der Waals surface area contributed by atoms with E-state index in [1.165, 1.54) is 12.1 Å². The molecule has 0 saturated carbocycles. The van der Waals surface area contributed by atoms with Gasteiger partial charge in [0.25, 0.3) is 5.91 Å². The van der Waals surface area contributed by atoms with E-state index >= 15 is 0 Å². The van der Waals surface area contributed by atoms with Gasteiger partial charge in [-0.3, -0.25) is 9.48 Å². The lowest BCUT2D eigenvalue weighted by atomic mass is 10.1. The zero-order valence-corrected chi connectivity index (χ0v) is 16.5. The molecule has 1 atom stereocenters. The van der Waals surface area contributed by atoms with E-state index in [9.17, 15) is 9.18 Å². The van der Waals surface area contributed by atoms with Gasteiger partial charge in [0.15, 0.2) is 0 Å². The molecular weight excluding hydrogens is 389 g/mol. The molecule has 4 nitrogen and oxygen atoms in total. The van der Waals surface area contributed by atoms with Crippen LogP contribution in [0.15, 0.2) is 72.9 Å². The molecular formula is C23H19ClFN3O. The van der Waals surface area contributed by atoms with Crippen LogP contribution in [0, 0.1) is 5.82 Å². The number of carbonyl (C=O) groups is 1. The van der Waals surface area contributed by atoms with E-state index in [4.69, 9.17) is 11.6 Å². The molecule has 1 N–H and O–H groups in total. The van der Waals surface area contributed by atoms with Crippen molar-refractivity contribution in [2.75, 3.05) is 0 Å². The van der Waals surface area contributed by atoms with E-state index in [0.717, 1.165) is 22.0 Å². The summed E-state index contributed by atoms with van der Waals surface area (Å²) in [6.07, 6.45) is 1.79. The number of aromatic nitrogens is 2. The van der Waals surface area contributed by atoms with Gasteiger partial charge in [-0.2, -0.15) is 5.10 Å². The number of hydrogen-bond acceptors (Lipinski definition) is 2. The summed E-state index contributed by atoms with van der Waals surface area (Å²) in [4.78, 5) is 12.7. The molecule has 0 aliphatic rings. The molecule has 0 spiro atoms. The number of rotatable bonds is 5. The van der Waals surface area contributed by atoms with Crippen molar-refractivity contribution in [2.45, 2.75) is 19.5 Å². The number of nitrogens with zero attached hydrogens (tertiary/aromatic N) is 2. The van der Waals surface area contributed by atoms with Gasteiger partial charge < -0.3 is 5.32 Å². The molecule has 146 valence electrons. The number of amides is 1. The van der Waals surface area contributed by atoms with Crippen LogP contribution in [0.5, 0.6) is 0 Å². The maximum Gasteiger partial charge on any atom is 0.251 e. The SMILES string of the molecule is C[C@H](NC(=O)c1ccc2cnn(Cc3ccc(Cl)cc3)c2c1)c1ccc(F)cc1. The van der Waals surface area contributed by atoms with E-state index < -0.39 is 0 Å². The third-order valence-electron chi connectivity index (χ3n) is 4.87. The lowest BCUT2D eigenvalue weighted by Gasteiger charge is -2.14. The molecule has 6 heteroatoms. The van der Waals surface area contributed by atoms with E-state index in [2.05, 4.69) is 10.4 Å². The Labute approximate surface area is 172 Å². The lowest BCUT2D eigenvalue weighted by molar-refractivity contribution is 0.0940. The van der Waals surface area contributed by atoms with Gasteiger partial charge >= 0.3 is 0 Å². The van der Waals surface area contributed by atoms with Crippen molar-refractivity contribution in [1.29, 1.82) is 0 Å². The Balaban J connectivity index is 1.55. The van der Waals surface area contributed by atoms with Crippen molar-refractivity contribution in [2.24, 2.45) is 0 Å². The predicted octanol–water partition coefficient (Wildman–Crippen LogP) is 5.37. The molecule has 3 aromatic carbocycles. The van der Waals surface area contributed by atoms with E-state index in [1.54, 1.807) is 24.4 Å². The minimum Gasteiger partial charge on any atom is -0.346 e. The second-order valence-electron chi connectivity index (χ2n) is 6.95. The highest BCUT2D eigenvalue weighted by atomic mass is 35.5. The third-order valence-corrected chi connectivity index (χ3v) is 5.12. The van der Waals surface area contributed by atoms with Gasteiger partial charge in [-0.15, -0.1) is 0 Å². The maximum absolute atomic E-state index is 13.1. The highest BCUT2D eigenvalue weighted by Crippen LogP contribution is 2.19. The molecule has 0 radical (unpaired) electrons. The van der Waals surface area contributed by atoms with Crippen LogP contribution in [0.1, 0.15) is 34.5 Å². The second kappa shape index (κ2) is 8.05. The number of benzene rings is 3. The molecule has 0 unspecified atom stereocenters. The van der Waals surface area contributed by atoms with Gasteiger partial charge in [0.1, 0.15) is 5.82 Å². The topological polar surface area (TPSA) is 46.9 Å². The van der Waals surface area contributed by atoms with E-state index in [0.29, 0.717) is 17.1 Å². The molecule has 0 fully saturated rings. The van der Waals surface area contributed by atoms with Crippen LogP contribution in [0.3, 0.4) is 0 Å². The Morgan fingerprint density at radius 3 is 2.55 bits per heavy atom. The summed E-state index contributed by atoms with van der Waals surface area (Å²) in [6, 6.07) is 19.0. The van der Waals surface area contributed by atoms with Gasteiger partial charge in [0, 0.05) is 16.0 Å². The number of nitrogens with one attached hydrogen (secondary N) is 1. The van der Waals surface area contributed by atoms with Crippen LogP contribution in [-0.2, 0) is 6.54 Å². The normalized spacial score (nSPS) is 12.1. The largest absolute Gasteiger partial charge is 0.346 e. The third kappa shape index (κ3) is 4.30. The van der Waals surface area contributed by atoms with Gasteiger partial charge in [-0.05, 0) is 54.4 Å². The van der Waals surface area contributed by atoms with Gasteiger partial charge in [0.05, 0.1) is 24.3 Å². The van der Waals surface area contributed by atoms with Crippen molar-refractivity contribution in [1.82, 2.24) is 15.1 Å². The number of fused-ring (bicyclic) bond motifs is 1. The van der Waals surface area contributed by atoms with Crippen LogP contribution in [0.2, 0.25) is 5.02 Å². The number of hydrogen-bond donors (Lipinski definition) is 1. The standard InChI is InChI=1S/C23H19ClFN3O/c1-15(17-6-10-21(25)11-7-17)27-23(29)18-4-5-19-13-26-28(22(19)12-18)14-16-2-8-20(24)9-3-16/h2-13,15H,14H2,1H3,(H,27,29)/t15-/m0/s1. The van der Waals surface area contributed by atoms with E-state index in [-0.39, 0.29) is 17.8 Å². The number of carbonyl (C=O) groups excluding carboxylic acids is 1. The predicted molar refractivity (Wildman–Crippen MR) is 113 cm³/mol. The highest BCUT2D eigenvalue weighted by Gasteiger charge is 2.13. The summed E-state index contributed by atoms with van der Waals surface area (Å²) in [5, 5.41) is 9.05. The smallest absolute Gasteiger partial charge is 0.251 e. The Morgan fingerprint density at radius 1 is 1.10 bits per heavy atom. The number of halogens is 2. The average molecular weight is 408 g/mol. The van der Waals surface area contributed by atoms with Gasteiger partial charge in [-0.25, -0.2) is 4.39 Å². The van der Waals surface area contributed by atoms with Gasteiger partial charge in [-0.1, -0.05) is 41.9 Å². The Hall–Kier alpha value is -3.18. The van der Waals surface area contributed by atoms with Crippen LogP contribution in [0.4, 0.5) is 4.39 Å². The van der Waals surface area contributed by atoms with Crippen molar-refractivity contribution >= 4 is 28.4 Å². The van der Waals surface area contributed by atoms with Crippen LogP contribution in [-0.4, -0.2) is 15.7 Å². The summed E-state index contributed by atoms with van der Waals surface area (Å²) in [5.41, 5.74) is 3.33. The molecule has 1 heterocycles. The molecule has 1 amide bonds. The fourth-order valence-corrected chi connectivity index (χ4v) is 3.34. The summed E-state index contributed by atoms with van der Waals surface area (Å²) >= 11 is 5.95. The van der Waals surface area contributed by atoms with Crippen LogP contribution >= 0.6 is 11.6 Å². The first-order valence-corrected chi connectivity index (χ1v) is 9.64. The summed E-state index contributed by atoms with van der Waals surface area (Å²) in [7, 11) is 0. The first-order chi connectivity index (χ1) is 14.0. The molecule has 0 saturated heterocycles. The second-order valence-corrected chi connectivity index (χ2v) is 7.39. The minimum absolute atomic E-state index is 0.192. The summed E-state index contributed by atoms with van der Waals surface area (Å²) in [6.45, 7) is 2.45. The molecule has 1 aromatic heterocycles. The Morgan fingerprint density at radius 2 is 1.83 bits per heavy atom. The zero-order valence-electron chi connectivity index (χ0n) is 15.8. The summed E-state index contributed by atoms with van der Waals surface area (Å²) < 4.78 is 15.0. The first kappa shape index (κ1) is 19.2. The minimum atomic E-state index is -0.299. The first-order valence-electron chi connectivity index (χ1n) is 9.26. The van der Waals surface area contributed by atoms with Crippen molar-refractivity contribution in [3.8, 4) is 0 Å². The fraction of sp³-hybridized carbons (Fsp3) is 0.130. The molecule has 4 rings (SSSR count). The average Bonchev–Trinajstić information content (AvgIpc) is 3.12. The zero-order chi connectivity index (χ0) is 20.4. The molecule has 0 aliphatic carbocycles.